The predicted octanol–water partition coefficient (Wildman–Crippen LogP) is -1.72. The van der Waals surface area contributed by atoms with Crippen LogP contribution in [0.3, 0.4) is 0 Å². The summed E-state index contributed by atoms with van der Waals surface area (Å²) in [6.45, 7) is -0.370. The van der Waals surface area contributed by atoms with Crippen molar-refractivity contribution in [3.8, 4) is 0 Å². The van der Waals surface area contributed by atoms with Crippen LogP contribution in [0.4, 0.5) is 0 Å². The SMILES string of the molecule is COC(=O)CCc1cn([C@H]2CC(O)[C@@H](CO)O2)c(=O)[nH]c1=O. The molecule has 1 aromatic heterocycles. The molecule has 3 N–H and O–H groups in total. The second-order valence-corrected chi connectivity index (χ2v) is 5.01. The Bertz CT molecular complexity index is 651. The van der Waals surface area contributed by atoms with E-state index in [2.05, 4.69) is 9.72 Å². The van der Waals surface area contributed by atoms with Crippen LogP contribution in [0.15, 0.2) is 15.8 Å². The largest absolute Gasteiger partial charge is 0.469 e. The van der Waals surface area contributed by atoms with E-state index in [1.54, 1.807) is 0 Å². The number of carbonyl (C=O) groups is 1. The first-order valence-electron chi connectivity index (χ1n) is 6.81. The van der Waals surface area contributed by atoms with E-state index in [0.717, 1.165) is 4.57 Å². The second-order valence-electron chi connectivity index (χ2n) is 5.01. The van der Waals surface area contributed by atoms with E-state index >= 15 is 0 Å². The van der Waals surface area contributed by atoms with Crippen molar-refractivity contribution >= 4 is 5.97 Å². The Morgan fingerprint density at radius 1 is 1.55 bits per heavy atom. The number of methoxy groups -OCH3 is 1. The fourth-order valence-electron chi connectivity index (χ4n) is 2.31. The summed E-state index contributed by atoms with van der Waals surface area (Å²) in [6.07, 6.45) is -0.913. The predicted molar refractivity (Wildman–Crippen MR) is 73.3 cm³/mol. The Balaban J connectivity index is 2.23. The molecule has 2 heterocycles. The number of aliphatic hydroxyl groups is 2. The van der Waals surface area contributed by atoms with Crippen LogP contribution in [0.25, 0.3) is 0 Å². The van der Waals surface area contributed by atoms with E-state index in [0.29, 0.717) is 0 Å². The summed E-state index contributed by atoms with van der Waals surface area (Å²) in [6, 6.07) is 0. The number of aryl methyl sites for hydroxylation is 1. The van der Waals surface area contributed by atoms with Crippen molar-refractivity contribution in [3.05, 3.63) is 32.6 Å². The van der Waals surface area contributed by atoms with E-state index in [1.807, 2.05) is 0 Å². The van der Waals surface area contributed by atoms with E-state index in [-0.39, 0.29) is 31.4 Å². The van der Waals surface area contributed by atoms with Gasteiger partial charge in [0, 0.05) is 24.6 Å². The summed E-state index contributed by atoms with van der Waals surface area (Å²) in [7, 11) is 1.25. The molecule has 0 amide bonds. The molecular weight excluding hydrogens is 296 g/mol. The van der Waals surface area contributed by atoms with Gasteiger partial charge in [0.25, 0.3) is 5.56 Å². The zero-order chi connectivity index (χ0) is 16.3. The highest BCUT2D eigenvalue weighted by atomic mass is 16.5. The lowest BCUT2D eigenvalue weighted by Gasteiger charge is -2.15. The van der Waals surface area contributed by atoms with Crippen LogP contribution >= 0.6 is 0 Å². The quantitative estimate of drug-likeness (QED) is 0.551. The van der Waals surface area contributed by atoms with Gasteiger partial charge in [0.15, 0.2) is 0 Å². The lowest BCUT2D eigenvalue weighted by Crippen LogP contribution is -2.34. The number of hydrogen-bond donors (Lipinski definition) is 3. The molecule has 9 nitrogen and oxygen atoms in total. The van der Waals surface area contributed by atoms with Crippen LogP contribution in [0.1, 0.15) is 24.6 Å². The van der Waals surface area contributed by atoms with Gasteiger partial charge < -0.3 is 19.7 Å². The highest BCUT2D eigenvalue weighted by Crippen LogP contribution is 2.27. The summed E-state index contributed by atoms with van der Waals surface area (Å²) in [4.78, 5) is 36.9. The van der Waals surface area contributed by atoms with Gasteiger partial charge in [-0.2, -0.15) is 0 Å². The maximum absolute atomic E-state index is 11.9. The van der Waals surface area contributed by atoms with Crippen molar-refractivity contribution in [2.45, 2.75) is 37.7 Å². The Kier molecular flexibility index (Phi) is 5.11. The van der Waals surface area contributed by atoms with Gasteiger partial charge in [0.05, 0.1) is 19.8 Å². The van der Waals surface area contributed by atoms with Crippen LogP contribution in [0, 0.1) is 0 Å². The normalized spacial score (nSPS) is 24.4. The molecular formula is C13H18N2O7. The maximum Gasteiger partial charge on any atom is 0.330 e. The molecule has 0 bridgehead atoms. The first-order chi connectivity index (χ1) is 10.5. The van der Waals surface area contributed by atoms with Crippen LogP contribution in [-0.2, 0) is 20.7 Å². The minimum absolute atomic E-state index is 0.00516. The highest BCUT2D eigenvalue weighted by molar-refractivity contribution is 5.69. The van der Waals surface area contributed by atoms with Crippen LogP contribution in [-0.4, -0.2) is 51.7 Å². The topological polar surface area (TPSA) is 131 Å². The average Bonchev–Trinajstić information content (AvgIpc) is 2.86. The molecule has 1 saturated heterocycles. The Morgan fingerprint density at radius 2 is 2.27 bits per heavy atom. The van der Waals surface area contributed by atoms with Crippen molar-refractivity contribution in [1.29, 1.82) is 0 Å². The number of nitrogens with zero attached hydrogens (tertiary/aromatic N) is 1. The van der Waals surface area contributed by atoms with E-state index in [9.17, 15) is 19.5 Å². The Hall–Kier alpha value is -1.97. The fraction of sp³-hybridized carbons (Fsp3) is 0.615. The molecule has 1 aliphatic heterocycles. The molecule has 22 heavy (non-hydrogen) atoms. The van der Waals surface area contributed by atoms with E-state index in [1.165, 1.54) is 13.3 Å². The molecule has 1 unspecified atom stereocenters. The van der Waals surface area contributed by atoms with Crippen molar-refractivity contribution in [3.63, 3.8) is 0 Å². The van der Waals surface area contributed by atoms with Gasteiger partial charge in [-0.1, -0.05) is 0 Å². The number of aromatic nitrogens is 2. The van der Waals surface area contributed by atoms with Gasteiger partial charge in [-0.05, 0) is 6.42 Å². The van der Waals surface area contributed by atoms with E-state index < -0.39 is 35.7 Å². The van der Waals surface area contributed by atoms with Crippen LogP contribution < -0.4 is 11.2 Å². The van der Waals surface area contributed by atoms with Crippen molar-refractivity contribution < 1.29 is 24.5 Å². The fourth-order valence-corrected chi connectivity index (χ4v) is 2.31. The molecule has 0 saturated carbocycles. The summed E-state index contributed by atoms with van der Waals surface area (Å²) in [5.41, 5.74) is -1.03. The van der Waals surface area contributed by atoms with Gasteiger partial charge in [-0.15, -0.1) is 0 Å². The Labute approximate surface area is 125 Å². The number of esters is 1. The third-order valence-electron chi connectivity index (χ3n) is 3.56. The maximum atomic E-state index is 11.9. The van der Waals surface area contributed by atoms with Gasteiger partial charge in [-0.25, -0.2) is 4.79 Å². The number of nitrogens with one attached hydrogen (secondary N) is 1. The summed E-state index contributed by atoms with van der Waals surface area (Å²) in [5.74, 6) is -0.468. The number of ether oxygens (including phenoxy) is 2. The zero-order valence-corrected chi connectivity index (χ0v) is 12.0. The lowest BCUT2D eigenvalue weighted by molar-refractivity contribution is -0.140. The van der Waals surface area contributed by atoms with Crippen molar-refractivity contribution in [1.82, 2.24) is 9.55 Å². The summed E-state index contributed by atoms with van der Waals surface area (Å²) < 4.78 is 11.0. The summed E-state index contributed by atoms with van der Waals surface area (Å²) in [5, 5.41) is 18.8. The van der Waals surface area contributed by atoms with Gasteiger partial charge >= 0.3 is 11.7 Å². The van der Waals surface area contributed by atoms with Crippen LogP contribution in [0.5, 0.6) is 0 Å². The lowest BCUT2D eigenvalue weighted by atomic mass is 10.1. The average molecular weight is 314 g/mol. The van der Waals surface area contributed by atoms with Gasteiger partial charge in [0.1, 0.15) is 12.3 Å². The third kappa shape index (κ3) is 3.43. The van der Waals surface area contributed by atoms with Crippen molar-refractivity contribution in [2.75, 3.05) is 13.7 Å². The second kappa shape index (κ2) is 6.86. The number of hydrogen-bond acceptors (Lipinski definition) is 7. The molecule has 0 aliphatic carbocycles. The molecule has 1 fully saturated rings. The monoisotopic (exact) mass is 314 g/mol. The minimum Gasteiger partial charge on any atom is -0.469 e. The van der Waals surface area contributed by atoms with E-state index in [4.69, 9.17) is 9.84 Å². The molecule has 2 rings (SSSR count). The molecule has 3 atom stereocenters. The number of aromatic amines is 1. The third-order valence-corrected chi connectivity index (χ3v) is 3.56. The number of aliphatic hydroxyl groups excluding tert-OH is 2. The molecule has 0 spiro atoms. The highest BCUT2D eigenvalue weighted by Gasteiger charge is 2.35. The molecule has 1 aliphatic rings. The smallest absolute Gasteiger partial charge is 0.330 e. The van der Waals surface area contributed by atoms with Gasteiger partial charge in [0.2, 0.25) is 0 Å². The first kappa shape index (κ1) is 16.4. The molecule has 1 aromatic rings. The minimum atomic E-state index is -0.896. The number of rotatable bonds is 5. The van der Waals surface area contributed by atoms with Gasteiger partial charge in [-0.3, -0.25) is 19.1 Å². The standard InChI is InChI=1S/C13H18N2O7/c1-21-11(18)3-2-7-5-15(13(20)14-12(7)19)10-4-8(17)9(6-16)22-10/h5,8-10,16-17H,2-4,6H2,1H3,(H,14,19,20)/t8?,9-,10-/m1/s1. The first-order valence-corrected chi connectivity index (χ1v) is 6.81. The summed E-state index contributed by atoms with van der Waals surface area (Å²) >= 11 is 0. The molecule has 0 radical (unpaired) electrons. The number of carbonyl (C=O) groups excluding carboxylic acids is 1. The molecule has 9 heteroatoms. The van der Waals surface area contributed by atoms with Crippen LogP contribution in [0.2, 0.25) is 0 Å². The zero-order valence-electron chi connectivity index (χ0n) is 12.0. The van der Waals surface area contributed by atoms with Crippen molar-refractivity contribution in [2.24, 2.45) is 0 Å². The Morgan fingerprint density at radius 3 is 2.86 bits per heavy atom. The molecule has 122 valence electrons. The molecule has 0 aromatic carbocycles. The number of H-pyrrole nitrogens is 1.